The highest BCUT2D eigenvalue weighted by molar-refractivity contribution is 5.93. The molecule has 18 heavy (non-hydrogen) atoms. The molecule has 6 nitrogen and oxygen atoms in total. The molecule has 3 N–H and O–H groups in total. The molecule has 0 saturated carbocycles. The summed E-state index contributed by atoms with van der Waals surface area (Å²) in [6, 6.07) is 2.98. The number of hydrogen-bond donors (Lipinski definition) is 2. The molecule has 0 heterocycles. The van der Waals surface area contributed by atoms with E-state index >= 15 is 0 Å². The zero-order chi connectivity index (χ0) is 13.7. The molecular weight excluding hydrogens is 241 g/mol. The fraction of sp³-hybridized carbons (Fsp3) is 0.364. The molecule has 0 fully saturated rings. The number of nitro benzene ring substituents is 1. The number of benzene rings is 1. The first-order chi connectivity index (χ1) is 8.43. The van der Waals surface area contributed by atoms with Gasteiger partial charge in [0.05, 0.1) is 11.0 Å². The average molecular weight is 255 g/mol. The number of hydrogen-bond acceptors (Lipinski definition) is 4. The normalized spacial score (nSPS) is 11.9. The van der Waals surface area contributed by atoms with Crippen molar-refractivity contribution in [1.82, 2.24) is 0 Å². The van der Waals surface area contributed by atoms with E-state index in [-0.39, 0.29) is 23.9 Å². The number of nitrogens with two attached hydrogens (primary N) is 1. The number of nitrogens with zero attached hydrogens (tertiary/aromatic N) is 1. The molecule has 0 aliphatic carbocycles. The lowest BCUT2D eigenvalue weighted by atomic mass is 10.1. The number of halogens is 1. The van der Waals surface area contributed by atoms with Crippen molar-refractivity contribution in [3.05, 3.63) is 34.1 Å². The van der Waals surface area contributed by atoms with Gasteiger partial charge < -0.3 is 11.1 Å². The number of nitrogens with one attached hydrogen (secondary N) is 1. The van der Waals surface area contributed by atoms with Gasteiger partial charge in [0.2, 0.25) is 5.91 Å². The van der Waals surface area contributed by atoms with Gasteiger partial charge in [0, 0.05) is 6.42 Å². The van der Waals surface area contributed by atoms with Crippen LogP contribution in [0, 0.1) is 21.8 Å². The van der Waals surface area contributed by atoms with E-state index < -0.39 is 16.4 Å². The molecule has 1 unspecified atom stereocenters. The quantitative estimate of drug-likeness (QED) is 0.617. The summed E-state index contributed by atoms with van der Waals surface area (Å²) in [5.41, 5.74) is 4.89. The van der Waals surface area contributed by atoms with Crippen molar-refractivity contribution in [3.63, 3.8) is 0 Å². The number of carbonyl (C=O) groups is 1. The number of amides is 1. The van der Waals surface area contributed by atoms with E-state index in [1.54, 1.807) is 6.92 Å². The smallest absolute Gasteiger partial charge is 0.295 e. The van der Waals surface area contributed by atoms with Crippen LogP contribution in [0.25, 0.3) is 0 Å². The second kappa shape index (κ2) is 6.06. The SMILES string of the molecule is CC(CN)CC(=O)Nc1ccc(F)cc1[N+](=O)[O-]. The van der Waals surface area contributed by atoms with Crippen molar-refractivity contribution in [2.75, 3.05) is 11.9 Å². The van der Waals surface area contributed by atoms with E-state index in [1.807, 2.05) is 0 Å². The lowest BCUT2D eigenvalue weighted by Crippen LogP contribution is -2.20. The van der Waals surface area contributed by atoms with Crippen LogP contribution in [0.4, 0.5) is 15.8 Å². The van der Waals surface area contributed by atoms with E-state index in [1.165, 1.54) is 6.07 Å². The second-order valence-electron chi connectivity index (χ2n) is 4.01. The van der Waals surface area contributed by atoms with Gasteiger partial charge in [-0.15, -0.1) is 0 Å². The summed E-state index contributed by atoms with van der Waals surface area (Å²) in [7, 11) is 0. The fourth-order valence-electron chi connectivity index (χ4n) is 1.36. The summed E-state index contributed by atoms with van der Waals surface area (Å²) in [5, 5.41) is 13.1. The average Bonchev–Trinajstić information content (AvgIpc) is 2.30. The third-order valence-corrected chi connectivity index (χ3v) is 2.37. The third-order valence-electron chi connectivity index (χ3n) is 2.37. The Labute approximate surface area is 103 Å². The van der Waals surface area contributed by atoms with E-state index in [0.29, 0.717) is 6.54 Å². The van der Waals surface area contributed by atoms with E-state index in [9.17, 15) is 19.3 Å². The maximum Gasteiger partial charge on any atom is 0.295 e. The predicted molar refractivity (Wildman–Crippen MR) is 64.5 cm³/mol. The standard InChI is InChI=1S/C11H14FN3O3/c1-7(6-13)4-11(16)14-9-3-2-8(12)5-10(9)15(17)18/h2-3,5,7H,4,6,13H2,1H3,(H,14,16). The number of rotatable bonds is 5. The molecular formula is C11H14FN3O3. The summed E-state index contributed by atoms with van der Waals surface area (Å²) in [6.45, 7) is 2.14. The molecule has 1 aromatic carbocycles. The number of nitro groups is 1. The van der Waals surface area contributed by atoms with Gasteiger partial charge in [-0.3, -0.25) is 14.9 Å². The summed E-state index contributed by atoms with van der Waals surface area (Å²) < 4.78 is 12.9. The second-order valence-corrected chi connectivity index (χ2v) is 4.01. The molecule has 0 aliphatic rings. The van der Waals surface area contributed by atoms with Crippen LogP contribution in [-0.4, -0.2) is 17.4 Å². The van der Waals surface area contributed by atoms with Gasteiger partial charge in [0.15, 0.2) is 0 Å². The molecule has 0 aliphatic heterocycles. The molecule has 1 aromatic rings. The Bertz CT molecular complexity index is 465. The molecule has 7 heteroatoms. The van der Waals surface area contributed by atoms with Crippen LogP contribution in [0.3, 0.4) is 0 Å². The molecule has 0 saturated heterocycles. The molecule has 0 spiro atoms. The summed E-state index contributed by atoms with van der Waals surface area (Å²) in [4.78, 5) is 21.5. The van der Waals surface area contributed by atoms with E-state index in [2.05, 4.69) is 5.32 Å². The van der Waals surface area contributed by atoms with Crippen molar-refractivity contribution in [3.8, 4) is 0 Å². The maximum absolute atomic E-state index is 12.9. The summed E-state index contributed by atoms with van der Waals surface area (Å²) in [6.07, 6.45) is 0.158. The minimum atomic E-state index is -0.745. The first kappa shape index (κ1) is 14.0. The van der Waals surface area contributed by atoms with Gasteiger partial charge in [-0.1, -0.05) is 6.92 Å². The Morgan fingerprint density at radius 1 is 1.61 bits per heavy atom. The zero-order valence-electron chi connectivity index (χ0n) is 9.85. The predicted octanol–water partition coefficient (Wildman–Crippen LogP) is 1.66. The van der Waals surface area contributed by atoms with Crippen LogP contribution in [0.1, 0.15) is 13.3 Å². The monoisotopic (exact) mass is 255 g/mol. The van der Waals surface area contributed by atoms with Gasteiger partial charge in [-0.2, -0.15) is 0 Å². The number of carbonyl (C=O) groups excluding carboxylic acids is 1. The minimum Gasteiger partial charge on any atom is -0.330 e. The Kier molecular flexibility index (Phi) is 4.73. The Morgan fingerprint density at radius 3 is 2.83 bits per heavy atom. The third kappa shape index (κ3) is 3.77. The highest BCUT2D eigenvalue weighted by atomic mass is 19.1. The van der Waals surface area contributed by atoms with Crippen LogP contribution < -0.4 is 11.1 Å². The molecule has 1 amide bonds. The van der Waals surface area contributed by atoms with Crippen LogP contribution >= 0.6 is 0 Å². The first-order valence-electron chi connectivity index (χ1n) is 5.38. The Morgan fingerprint density at radius 2 is 2.28 bits per heavy atom. The molecule has 1 atom stereocenters. The molecule has 1 rings (SSSR count). The van der Waals surface area contributed by atoms with Crippen LogP contribution in [0.2, 0.25) is 0 Å². The topological polar surface area (TPSA) is 98.3 Å². The van der Waals surface area contributed by atoms with Crippen LogP contribution in [-0.2, 0) is 4.79 Å². The Balaban J connectivity index is 2.84. The van der Waals surface area contributed by atoms with Crippen LogP contribution in [0.5, 0.6) is 0 Å². The van der Waals surface area contributed by atoms with Crippen molar-refractivity contribution in [2.24, 2.45) is 11.7 Å². The molecule has 98 valence electrons. The lowest BCUT2D eigenvalue weighted by Gasteiger charge is -2.09. The maximum atomic E-state index is 12.9. The molecule has 0 aromatic heterocycles. The van der Waals surface area contributed by atoms with Crippen molar-refractivity contribution < 1.29 is 14.1 Å². The van der Waals surface area contributed by atoms with Crippen molar-refractivity contribution >= 4 is 17.3 Å². The van der Waals surface area contributed by atoms with Crippen LogP contribution in [0.15, 0.2) is 18.2 Å². The fourth-order valence-corrected chi connectivity index (χ4v) is 1.36. The largest absolute Gasteiger partial charge is 0.330 e. The molecule has 0 radical (unpaired) electrons. The van der Waals surface area contributed by atoms with Crippen molar-refractivity contribution in [2.45, 2.75) is 13.3 Å². The first-order valence-corrected chi connectivity index (χ1v) is 5.38. The number of anilines is 1. The minimum absolute atomic E-state index is 0.0179. The van der Waals surface area contributed by atoms with Gasteiger partial charge in [-0.25, -0.2) is 4.39 Å². The Hall–Kier alpha value is -2.02. The van der Waals surface area contributed by atoms with E-state index in [0.717, 1.165) is 12.1 Å². The van der Waals surface area contributed by atoms with Crippen molar-refractivity contribution in [1.29, 1.82) is 0 Å². The van der Waals surface area contributed by atoms with E-state index in [4.69, 9.17) is 5.73 Å². The highest BCUT2D eigenvalue weighted by Crippen LogP contribution is 2.25. The zero-order valence-corrected chi connectivity index (χ0v) is 9.85. The van der Waals surface area contributed by atoms with Gasteiger partial charge in [0.25, 0.3) is 5.69 Å². The van der Waals surface area contributed by atoms with Gasteiger partial charge in [-0.05, 0) is 24.6 Å². The summed E-state index contributed by atoms with van der Waals surface area (Å²) >= 11 is 0. The highest BCUT2D eigenvalue weighted by Gasteiger charge is 2.17. The molecule has 0 bridgehead atoms. The lowest BCUT2D eigenvalue weighted by molar-refractivity contribution is -0.384. The summed E-state index contributed by atoms with van der Waals surface area (Å²) in [5.74, 6) is -1.14. The van der Waals surface area contributed by atoms with Gasteiger partial charge >= 0.3 is 0 Å². The van der Waals surface area contributed by atoms with Gasteiger partial charge in [0.1, 0.15) is 11.5 Å².